The molecule has 1 aliphatic rings. The number of hydrogen-bond donors (Lipinski definition) is 1. The second kappa shape index (κ2) is 6.96. The van der Waals surface area contributed by atoms with Crippen molar-refractivity contribution in [3.8, 4) is 0 Å². The minimum absolute atomic E-state index is 0.0671. The highest BCUT2D eigenvalue weighted by Crippen LogP contribution is 2.09. The summed E-state index contributed by atoms with van der Waals surface area (Å²) in [5.74, 6) is -0.528. The van der Waals surface area contributed by atoms with E-state index < -0.39 is 15.7 Å². The number of carbonyl (C=O) groups excluding carboxylic acids is 1. The van der Waals surface area contributed by atoms with Crippen LogP contribution in [0.15, 0.2) is 0 Å². The van der Waals surface area contributed by atoms with Crippen LogP contribution in [-0.2, 0) is 14.6 Å². The Morgan fingerprint density at radius 1 is 1.06 bits per heavy atom. The number of amides is 1. The summed E-state index contributed by atoms with van der Waals surface area (Å²) in [7, 11) is -3.13. The molecule has 0 atom stereocenters. The number of nitrogens with two attached hydrogens (primary N) is 1. The van der Waals surface area contributed by atoms with Crippen LogP contribution in [0.1, 0.15) is 32.1 Å². The second-order valence-corrected chi connectivity index (χ2v) is 6.93. The summed E-state index contributed by atoms with van der Waals surface area (Å²) in [6.45, 7) is 2.57. The van der Waals surface area contributed by atoms with Gasteiger partial charge < -0.3 is 10.6 Å². The molecule has 6 heteroatoms. The van der Waals surface area contributed by atoms with E-state index in [1.807, 2.05) is 0 Å². The van der Waals surface area contributed by atoms with E-state index in [1.165, 1.54) is 12.8 Å². The molecule has 100 valence electrons. The minimum Gasteiger partial charge on any atom is -0.370 e. The molecule has 0 bridgehead atoms. The largest absolute Gasteiger partial charge is 0.370 e. The van der Waals surface area contributed by atoms with E-state index in [2.05, 4.69) is 4.90 Å². The SMILES string of the molecule is NC(=O)CCS(=O)(=O)CCN1CCCCCC1. The first-order chi connectivity index (χ1) is 7.99. The molecule has 17 heavy (non-hydrogen) atoms. The second-order valence-electron chi connectivity index (χ2n) is 4.62. The van der Waals surface area contributed by atoms with Crippen molar-refractivity contribution in [1.82, 2.24) is 4.90 Å². The van der Waals surface area contributed by atoms with Gasteiger partial charge in [-0.05, 0) is 25.9 Å². The Kier molecular flexibility index (Phi) is 5.91. The summed E-state index contributed by atoms with van der Waals surface area (Å²) in [5.41, 5.74) is 4.95. The third kappa shape index (κ3) is 6.63. The monoisotopic (exact) mass is 262 g/mol. The van der Waals surface area contributed by atoms with Gasteiger partial charge in [-0.1, -0.05) is 12.8 Å². The highest BCUT2D eigenvalue weighted by Gasteiger charge is 2.15. The number of primary amides is 1. The van der Waals surface area contributed by atoms with Crippen molar-refractivity contribution in [3.63, 3.8) is 0 Å². The molecule has 0 aromatic heterocycles. The topological polar surface area (TPSA) is 80.5 Å². The first kappa shape index (κ1) is 14.4. The van der Waals surface area contributed by atoms with E-state index in [9.17, 15) is 13.2 Å². The predicted molar refractivity (Wildman–Crippen MR) is 67.4 cm³/mol. The van der Waals surface area contributed by atoms with Gasteiger partial charge >= 0.3 is 0 Å². The van der Waals surface area contributed by atoms with E-state index in [0.717, 1.165) is 25.9 Å². The van der Waals surface area contributed by atoms with E-state index in [-0.39, 0.29) is 17.9 Å². The van der Waals surface area contributed by atoms with Crippen molar-refractivity contribution in [2.45, 2.75) is 32.1 Å². The molecule has 1 fully saturated rings. The number of rotatable bonds is 6. The van der Waals surface area contributed by atoms with Crippen molar-refractivity contribution in [3.05, 3.63) is 0 Å². The van der Waals surface area contributed by atoms with Crippen molar-refractivity contribution in [2.75, 3.05) is 31.1 Å². The molecule has 0 saturated carbocycles. The van der Waals surface area contributed by atoms with Crippen molar-refractivity contribution >= 4 is 15.7 Å². The third-order valence-electron chi connectivity index (χ3n) is 3.08. The van der Waals surface area contributed by atoms with Gasteiger partial charge in [0.2, 0.25) is 5.91 Å². The number of sulfone groups is 1. The van der Waals surface area contributed by atoms with Gasteiger partial charge in [0.05, 0.1) is 11.5 Å². The lowest BCUT2D eigenvalue weighted by atomic mass is 10.2. The zero-order valence-corrected chi connectivity index (χ0v) is 11.0. The van der Waals surface area contributed by atoms with Gasteiger partial charge in [-0.15, -0.1) is 0 Å². The molecule has 0 aromatic rings. The van der Waals surface area contributed by atoms with Gasteiger partial charge in [0, 0.05) is 13.0 Å². The fourth-order valence-electron chi connectivity index (χ4n) is 1.99. The Balaban J connectivity index is 2.30. The maximum atomic E-state index is 11.6. The minimum atomic E-state index is -3.13. The van der Waals surface area contributed by atoms with Crippen LogP contribution in [0.3, 0.4) is 0 Å². The maximum Gasteiger partial charge on any atom is 0.218 e. The zero-order chi connectivity index (χ0) is 12.7. The summed E-state index contributed by atoms with van der Waals surface area (Å²) in [6, 6.07) is 0. The Labute approximate surface area is 103 Å². The van der Waals surface area contributed by atoms with Gasteiger partial charge in [0.1, 0.15) is 0 Å². The van der Waals surface area contributed by atoms with Gasteiger partial charge in [-0.2, -0.15) is 0 Å². The molecular formula is C11H22N2O3S. The lowest BCUT2D eigenvalue weighted by molar-refractivity contribution is -0.117. The quantitative estimate of drug-likeness (QED) is 0.739. The Hall–Kier alpha value is -0.620. The molecular weight excluding hydrogens is 240 g/mol. The highest BCUT2D eigenvalue weighted by molar-refractivity contribution is 7.91. The highest BCUT2D eigenvalue weighted by atomic mass is 32.2. The van der Waals surface area contributed by atoms with Gasteiger partial charge in [-0.3, -0.25) is 4.79 Å². The summed E-state index contributed by atoms with van der Waals surface area (Å²) < 4.78 is 23.3. The van der Waals surface area contributed by atoms with Crippen LogP contribution < -0.4 is 5.73 Å². The predicted octanol–water partition coefficient (Wildman–Crippen LogP) is 0.153. The molecule has 1 amide bonds. The average Bonchev–Trinajstić information content (AvgIpc) is 2.52. The Bertz CT molecular complexity index is 333. The lowest BCUT2D eigenvalue weighted by Gasteiger charge is -2.19. The molecule has 0 aromatic carbocycles. The van der Waals surface area contributed by atoms with Crippen LogP contribution in [0.5, 0.6) is 0 Å². The zero-order valence-electron chi connectivity index (χ0n) is 10.2. The molecule has 5 nitrogen and oxygen atoms in total. The molecule has 0 unspecified atom stereocenters. The maximum absolute atomic E-state index is 11.6. The summed E-state index contributed by atoms with van der Waals surface area (Å²) in [6.07, 6.45) is 4.72. The van der Waals surface area contributed by atoms with E-state index in [4.69, 9.17) is 5.73 Å². The first-order valence-electron chi connectivity index (χ1n) is 6.21. The smallest absolute Gasteiger partial charge is 0.218 e. The van der Waals surface area contributed by atoms with Crippen LogP contribution >= 0.6 is 0 Å². The van der Waals surface area contributed by atoms with Crippen LogP contribution in [0.25, 0.3) is 0 Å². The van der Waals surface area contributed by atoms with Crippen LogP contribution in [0.2, 0.25) is 0 Å². The van der Waals surface area contributed by atoms with Crippen molar-refractivity contribution < 1.29 is 13.2 Å². The van der Waals surface area contributed by atoms with Crippen LogP contribution in [0, 0.1) is 0 Å². The van der Waals surface area contributed by atoms with Crippen molar-refractivity contribution in [2.24, 2.45) is 5.73 Å². The third-order valence-corrected chi connectivity index (χ3v) is 4.71. The lowest BCUT2D eigenvalue weighted by Crippen LogP contribution is -2.31. The number of nitrogens with zero attached hydrogens (tertiary/aromatic N) is 1. The van der Waals surface area contributed by atoms with Gasteiger partial charge in [0.25, 0.3) is 0 Å². The molecule has 1 heterocycles. The molecule has 1 saturated heterocycles. The first-order valence-corrected chi connectivity index (χ1v) is 8.03. The van der Waals surface area contributed by atoms with Gasteiger partial charge in [-0.25, -0.2) is 8.42 Å². The van der Waals surface area contributed by atoms with E-state index >= 15 is 0 Å². The fraction of sp³-hybridized carbons (Fsp3) is 0.909. The molecule has 0 aliphatic carbocycles. The summed E-state index contributed by atoms with van der Waals surface area (Å²) >= 11 is 0. The normalized spacial score (nSPS) is 18.8. The van der Waals surface area contributed by atoms with Gasteiger partial charge in [0.15, 0.2) is 9.84 Å². The molecule has 1 rings (SSSR count). The van der Waals surface area contributed by atoms with Crippen LogP contribution in [-0.4, -0.2) is 50.4 Å². The number of carbonyl (C=O) groups is 1. The Morgan fingerprint density at radius 2 is 1.65 bits per heavy atom. The molecule has 1 aliphatic heterocycles. The average molecular weight is 262 g/mol. The number of hydrogen-bond acceptors (Lipinski definition) is 4. The summed E-state index contributed by atoms with van der Waals surface area (Å²) in [4.78, 5) is 12.7. The van der Waals surface area contributed by atoms with E-state index in [0.29, 0.717) is 6.54 Å². The fourth-order valence-corrected chi connectivity index (χ4v) is 3.24. The van der Waals surface area contributed by atoms with Crippen LogP contribution in [0.4, 0.5) is 0 Å². The molecule has 0 radical (unpaired) electrons. The summed E-state index contributed by atoms with van der Waals surface area (Å²) in [5, 5.41) is 0. The van der Waals surface area contributed by atoms with Crippen molar-refractivity contribution in [1.29, 1.82) is 0 Å². The Morgan fingerprint density at radius 3 is 2.18 bits per heavy atom. The van der Waals surface area contributed by atoms with E-state index in [1.54, 1.807) is 0 Å². The molecule has 2 N–H and O–H groups in total. The number of likely N-dealkylation sites (tertiary alicyclic amines) is 1. The molecule has 0 spiro atoms. The standard InChI is InChI=1S/C11H22N2O3S/c12-11(14)5-9-17(15,16)10-8-13-6-3-1-2-4-7-13/h1-10H2,(H2,12,14).